The standard InChI is InChI=1S/C31H56N4O7/c1-11-20(4)26(34(8)28(37)25(19(2)3)32-30(40)31(6)15-13-16-33(31)7)23(41-9)18-24(36)35-17-12-14-22(35)27(42-10)21(5)29(38)39/h19-23,25-27H,11-18H2,1-10H3,(H,32,40)(H,38,39)/t20-,21+,22-,23+,25-,26-,27+,31+/m0/s1. The minimum Gasteiger partial charge on any atom is -0.481 e. The molecule has 242 valence electrons. The molecule has 0 bridgehead atoms. The summed E-state index contributed by atoms with van der Waals surface area (Å²) in [7, 11) is 6.70. The maximum Gasteiger partial charge on any atom is 0.308 e. The lowest BCUT2D eigenvalue weighted by Gasteiger charge is -2.41. The van der Waals surface area contributed by atoms with Crippen LogP contribution in [0.2, 0.25) is 0 Å². The Morgan fingerprint density at radius 3 is 2.19 bits per heavy atom. The molecule has 0 spiro atoms. The van der Waals surface area contributed by atoms with Gasteiger partial charge in [-0.15, -0.1) is 0 Å². The van der Waals surface area contributed by atoms with E-state index >= 15 is 0 Å². The van der Waals surface area contributed by atoms with Crippen molar-refractivity contribution >= 4 is 23.7 Å². The van der Waals surface area contributed by atoms with Crippen LogP contribution >= 0.6 is 0 Å². The summed E-state index contributed by atoms with van der Waals surface area (Å²) in [5, 5.41) is 12.6. The van der Waals surface area contributed by atoms with E-state index in [4.69, 9.17) is 9.47 Å². The Kier molecular flexibility index (Phi) is 13.2. The summed E-state index contributed by atoms with van der Waals surface area (Å²) in [5.41, 5.74) is -0.659. The second kappa shape index (κ2) is 15.5. The van der Waals surface area contributed by atoms with Gasteiger partial charge in [-0.05, 0) is 65.0 Å². The zero-order chi connectivity index (χ0) is 31.9. The Morgan fingerprint density at radius 2 is 1.71 bits per heavy atom. The van der Waals surface area contributed by atoms with Crippen molar-refractivity contribution in [1.29, 1.82) is 0 Å². The van der Waals surface area contributed by atoms with Gasteiger partial charge >= 0.3 is 5.97 Å². The summed E-state index contributed by atoms with van der Waals surface area (Å²) in [5.74, 6) is -2.38. The van der Waals surface area contributed by atoms with Gasteiger partial charge in [0, 0.05) is 27.8 Å². The maximum absolute atomic E-state index is 14.0. The van der Waals surface area contributed by atoms with Crippen molar-refractivity contribution in [1.82, 2.24) is 20.0 Å². The van der Waals surface area contributed by atoms with Gasteiger partial charge in [-0.1, -0.05) is 34.1 Å². The summed E-state index contributed by atoms with van der Waals surface area (Å²) < 4.78 is 11.5. The number of nitrogens with one attached hydrogen (secondary N) is 1. The van der Waals surface area contributed by atoms with Crippen LogP contribution in [-0.2, 0) is 28.7 Å². The molecule has 11 heteroatoms. The van der Waals surface area contributed by atoms with E-state index in [1.807, 2.05) is 46.6 Å². The van der Waals surface area contributed by atoms with Gasteiger partial charge in [0.2, 0.25) is 17.7 Å². The lowest BCUT2D eigenvalue weighted by atomic mass is 9.89. The van der Waals surface area contributed by atoms with Crippen LogP contribution in [0.1, 0.15) is 80.1 Å². The van der Waals surface area contributed by atoms with E-state index in [1.54, 1.807) is 30.9 Å². The molecule has 0 aromatic carbocycles. The SMILES string of the molecule is CC[C@H](C)[C@@H]([C@@H](CC(=O)N1CCC[C@H]1[C@H](OC)[C@@H](C)C(=O)O)OC)N(C)C(=O)[C@@H](NC(=O)[C@@]1(C)CCCN1C)C(C)C. The average Bonchev–Trinajstić information content (AvgIpc) is 3.57. The van der Waals surface area contributed by atoms with Gasteiger partial charge in [0.1, 0.15) is 6.04 Å². The molecule has 2 aliphatic heterocycles. The predicted molar refractivity (Wildman–Crippen MR) is 161 cm³/mol. The molecule has 2 heterocycles. The fraction of sp³-hybridized carbons (Fsp3) is 0.871. The predicted octanol–water partition coefficient (Wildman–Crippen LogP) is 2.62. The van der Waals surface area contributed by atoms with Crippen LogP contribution < -0.4 is 5.32 Å². The van der Waals surface area contributed by atoms with Gasteiger partial charge in [-0.3, -0.25) is 24.1 Å². The largest absolute Gasteiger partial charge is 0.481 e. The third-order valence-corrected chi connectivity index (χ3v) is 9.94. The normalized spacial score (nSPS) is 25.5. The molecule has 0 saturated carbocycles. The van der Waals surface area contributed by atoms with E-state index in [0.29, 0.717) is 13.0 Å². The molecule has 42 heavy (non-hydrogen) atoms. The Hall–Kier alpha value is -2.24. The van der Waals surface area contributed by atoms with Crippen LogP contribution in [0.25, 0.3) is 0 Å². The summed E-state index contributed by atoms with van der Waals surface area (Å²) in [6.07, 6.45) is 2.67. The second-order valence-corrected chi connectivity index (χ2v) is 12.9. The number of hydrogen-bond acceptors (Lipinski definition) is 7. The van der Waals surface area contributed by atoms with Crippen molar-refractivity contribution in [2.24, 2.45) is 17.8 Å². The number of carbonyl (C=O) groups is 4. The number of nitrogens with zero attached hydrogens (tertiary/aromatic N) is 3. The first-order valence-corrected chi connectivity index (χ1v) is 15.5. The molecule has 2 rings (SSSR count). The first-order chi connectivity index (χ1) is 19.7. The minimum absolute atomic E-state index is 0.00632. The third kappa shape index (κ3) is 7.82. The van der Waals surface area contributed by atoms with Crippen molar-refractivity contribution in [2.75, 3.05) is 41.4 Å². The summed E-state index contributed by atoms with van der Waals surface area (Å²) in [4.78, 5) is 58.3. The first kappa shape index (κ1) is 36.0. The number of methoxy groups -OCH3 is 2. The lowest BCUT2D eigenvalue weighted by Crippen LogP contribution is -2.61. The summed E-state index contributed by atoms with van der Waals surface area (Å²) in [6, 6.07) is -1.49. The zero-order valence-electron chi connectivity index (χ0n) is 27.5. The van der Waals surface area contributed by atoms with Gasteiger partial charge in [0.05, 0.1) is 42.2 Å². The smallest absolute Gasteiger partial charge is 0.308 e. The highest BCUT2D eigenvalue weighted by Crippen LogP contribution is 2.30. The number of carbonyl (C=O) groups excluding carboxylic acids is 3. The van der Waals surface area contributed by atoms with E-state index in [0.717, 1.165) is 32.2 Å². The van der Waals surface area contributed by atoms with Gasteiger partial charge in [-0.2, -0.15) is 0 Å². The molecular formula is C31H56N4O7. The van der Waals surface area contributed by atoms with E-state index < -0.39 is 41.7 Å². The number of likely N-dealkylation sites (tertiary alicyclic amines) is 2. The van der Waals surface area contributed by atoms with Gasteiger partial charge in [-0.25, -0.2) is 0 Å². The molecule has 2 aliphatic rings. The summed E-state index contributed by atoms with van der Waals surface area (Å²) in [6.45, 7) is 12.8. The van der Waals surface area contributed by atoms with Crippen LogP contribution in [-0.4, -0.2) is 121 Å². The molecule has 2 saturated heterocycles. The number of carboxylic acid groups (broad SMARTS) is 1. The molecule has 0 aromatic heterocycles. The number of amides is 3. The highest BCUT2D eigenvalue weighted by atomic mass is 16.5. The molecule has 2 N–H and O–H groups in total. The molecule has 0 radical (unpaired) electrons. The lowest BCUT2D eigenvalue weighted by molar-refractivity contribution is -0.152. The number of carboxylic acids is 1. The van der Waals surface area contributed by atoms with Crippen LogP contribution in [0.15, 0.2) is 0 Å². The van der Waals surface area contributed by atoms with E-state index in [1.165, 1.54) is 7.11 Å². The fourth-order valence-electron chi connectivity index (χ4n) is 6.71. The van der Waals surface area contributed by atoms with Crippen molar-refractivity contribution < 1.29 is 33.8 Å². The molecule has 11 nitrogen and oxygen atoms in total. The molecule has 0 unspecified atom stereocenters. The number of hydrogen-bond donors (Lipinski definition) is 2. The summed E-state index contributed by atoms with van der Waals surface area (Å²) >= 11 is 0. The van der Waals surface area contributed by atoms with Crippen LogP contribution in [0.4, 0.5) is 0 Å². The molecule has 0 aromatic rings. The highest BCUT2D eigenvalue weighted by molar-refractivity contribution is 5.92. The number of ether oxygens (including phenoxy) is 2. The monoisotopic (exact) mass is 596 g/mol. The minimum atomic E-state index is -0.965. The fourth-order valence-corrected chi connectivity index (χ4v) is 6.71. The number of rotatable bonds is 15. The third-order valence-electron chi connectivity index (χ3n) is 9.94. The molecule has 2 fully saturated rings. The average molecular weight is 597 g/mol. The number of aliphatic carboxylic acids is 1. The van der Waals surface area contributed by atoms with Gasteiger partial charge < -0.3 is 29.7 Å². The van der Waals surface area contributed by atoms with Gasteiger partial charge in [0.15, 0.2) is 0 Å². The van der Waals surface area contributed by atoms with Crippen molar-refractivity contribution in [2.45, 2.75) is 116 Å². The Morgan fingerprint density at radius 1 is 1.07 bits per heavy atom. The second-order valence-electron chi connectivity index (χ2n) is 12.9. The van der Waals surface area contributed by atoms with E-state index in [2.05, 4.69) is 5.32 Å². The Bertz CT molecular complexity index is 946. The topological polar surface area (TPSA) is 129 Å². The Balaban J connectivity index is 2.28. The van der Waals surface area contributed by atoms with Gasteiger partial charge in [0.25, 0.3) is 0 Å². The quantitative estimate of drug-likeness (QED) is 0.295. The zero-order valence-corrected chi connectivity index (χ0v) is 27.5. The van der Waals surface area contributed by atoms with E-state index in [-0.39, 0.29) is 42.0 Å². The van der Waals surface area contributed by atoms with Crippen molar-refractivity contribution in [3.8, 4) is 0 Å². The van der Waals surface area contributed by atoms with Crippen LogP contribution in [0.5, 0.6) is 0 Å². The van der Waals surface area contributed by atoms with Crippen molar-refractivity contribution in [3.05, 3.63) is 0 Å². The molecule has 3 amide bonds. The van der Waals surface area contributed by atoms with Crippen LogP contribution in [0, 0.1) is 17.8 Å². The molecular weight excluding hydrogens is 540 g/mol. The van der Waals surface area contributed by atoms with Crippen LogP contribution in [0.3, 0.4) is 0 Å². The highest BCUT2D eigenvalue weighted by Gasteiger charge is 2.45. The first-order valence-electron chi connectivity index (χ1n) is 15.5. The molecule has 8 atom stereocenters. The number of likely N-dealkylation sites (N-methyl/N-ethyl adjacent to an activating group) is 2. The Labute approximate surface area is 252 Å². The van der Waals surface area contributed by atoms with Crippen molar-refractivity contribution in [3.63, 3.8) is 0 Å². The maximum atomic E-state index is 14.0. The molecule has 0 aliphatic carbocycles. The van der Waals surface area contributed by atoms with E-state index in [9.17, 15) is 24.3 Å².